The number of hydrogen-bond donors (Lipinski definition) is 2. The minimum Gasteiger partial charge on any atom is -0.290 e. The smallest absolute Gasteiger partial charge is 0.265 e. The van der Waals surface area contributed by atoms with Crippen molar-refractivity contribution in [3.8, 4) is 0 Å². The Morgan fingerprint density at radius 2 is 2.21 bits per heavy atom. The number of amides is 1. The fraction of sp³-hybridized carbons (Fsp3) is 0.250. The van der Waals surface area contributed by atoms with E-state index in [9.17, 15) is 9.18 Å². The van der Waals surface area contributed by atoms with Crippen molar-refractivity contribution in [2.45, 2.75) is 20.4 Å². The maximum Gasteiger partial charge on any atom is 0.265 e. The number of hydrogen-bond acceptors (Lipinski definition) is 4. The molecular weight excluding hydrogens is 249 g/mol. The topological polar surface area (TPSA) is 85.8 Å². The van der Waals surface area contributed by atoms with Crippen LogP contribution in [0.25, 0.3) is 0 Å². The number of hydrazine groups is 1. The SMILES string of the molecule is Cc1nc(C)n(Cc2cc(C(=O)NN)ccc2F)n1. The number of rotatable bonds is 3. The molecule has 3 N–H and O–H groups in total. The van der Waals surface area contributed by atoms with Gasteiger partial charge < -0.3 is 0 Å². The summed E-state index contributed by atoms with van der Waals surface area (Å²) in [6.07, 6.45) is 0. The lowest BCUT2D eigenvalue weighted by atomic mass is 10.1. The third kappa shape index (κ3) is 2.76. The van der Waals surface area contributed by atoms with Crippen molar-refractivity contribution in [1.82, 2.24) is 20.2 Å². The van der Waals surface area contributed by atoms with Crippen LogP contribution in [-0.2, 0) is 6.54 Å². The highest BCUT2D eigenvalue weighted by atomic mass is 19.1. The molecule has 0 atom stereocenters. The summed E-state index contributed by atoms with van der Waals surface area (Å²) in [4.78, 5) is 15.5. The van der Waals surface area contributed by atoms with Crippen molar-refractivity contribution >= 4 is 5.91 Å². The summed E-state index contributed by atoms with van der Waals surface area (Å²) in [5.74, 6) is 5.49. The molecule has 0 unspecified atom stereocenters. The zero-order valence-electron chi connectivity index (χ0n) is 10.6. The Bertz CT molecular complexity index is 623. The largest absolute Gasteiger partial charge is 0.290 e. The first-order chi connectivity index (χ1) is 9.01. The molecule has 0 spiro atoms. The molecule has 0 aliphatic heterocycles. The van der Waals surface area contributed by atoms with Crippen molar-refractivity contribution in [3.05, 3.63) is 46.8 Å². The standard InChI is InChI=1S/C12H14FN5O/c1-7-15-8(2)18(17-7)6-10-5-9(12(19)16-14)3-4-11(10)13/h3-5H,6,14H2,1-2H3,(H,16,19). The van der Waals surface area contributed by atoms with Gasteiger partial charge in [0, 0.05) is 11.1 Å². The maximum atomic E-state index is 13.7. The van der Waals surface area contributed by atoms with E-state index in [-0.39, 0.29) is 6.54 Å². The summed E-state index contributed by atoms with van der Waals surface area (Å²) in [6, 6.07) is 4.06. The maximum absolute atomic E-state index is 13.7. The lowest BCUT2D eigenvalue weighted by Crippen LogP contribution is -2.30. The van der Waals surface area contributed by atoms with Gasteiger partial charge in [0.1, 0.15) is 17.5 Å². The molecular formula is C12H14FN5O. The zero-order chi connectivity index (χ0) is 14.0. The lowest BCUT2D eigenvalue weighted by Gasteiger charge is -2.07. The van der Waals surface area contributed by atoms with Crippen LogP contribution in [0.4, 0.5) is 4.39 Å². The minimum atomic E-state index is -0.465. The van der Waals surface area contributed by atoms with Gasteiger partial charge in [-0.25, -0.2) is 19.9 Å². The van der Waals surface area contributed by atoms with Crippen molar-refractivity contribution in [2.24, 2.45) is 5.84 Å². The van der Waals surface area contributed by atoms with E-state index < -0.39 is 11.7 Å². The second-order valence-electron chi connectivity index (χ2n) is 4.14. The van der Waals surface area contributed by atoms with Crippen LogP contribution >= 0.6 is 0 Å². The van der Waals surface area contributed by atoms with Crippen LogP contribution in [0.3, 0.4) is 0 Å². The molecule has 0 fully saturated rings. The van der Waals surface area contributed by atoms with Gasteiger partial charge in [-0.3, -0.25) is 10.2 Å². The Morgan fingerprint density at radius 1 is 1.47 bits per heavy atom. The number of benzene rings is 1. The van der Waals surface area contributed by atoms with Gasteiger partial charge in [0.2, 0.25) is 0 Å². The van der Waals surface area contributed by atoms with E-state index in [1.807, 2.05) is 5.43 Å². The van der Waals surface area contributed by atoms with Gasteiger partial charge in [0.05, 0.1) is 6.54 Å². The molecule has 6 nitrogen and oxygen atoms in total. The van der Waals surface area contributed by atoms with E-state index in [1.165, 1.54) is 18.2 Å². The number of halogens is 1. The Labute approximate surface area is 109 Å². The van der Waals surface area contributed by atoms with E-state index in [2.05, 4.69) is 10.1 Å². The van der Waals surface area contributed by atoms with Gasteiger partial charge in [-0.15, -0.1) is 0 Å². The number of nitrogens with one attached hydrogen (secondary N) is 1. The zero-order valence-corrected chi connectivity index (χ0v) is 10.6. The van der Waals surface area contributed by atoms with Gasteiger partial charge in [-0.1, -0.05) is 0 Å². The Morgan fingerprint density at radius 3 is 2.79 bits per heavy atom. The van der Waals surface area contributed by atoms with Crippen LogP contribution in [0.2, 0.25) is 0 Å². The van der Waals surface area contributed by atoms with Crippen LogP contribution in [0.15, 0.2) is 18.2 Å². The highest BCUT2D eigenvalue weighted by Crippen LogP contribution is 2.13. The molecule has 1 aromatic heterocycles. The van der Waals surface area contributed by atoms with Crippen LogP contribution < -0.4 is 11.3 Å². The summed E-state index contributed by atoms with van der Waals surface area (Å²) in [5.41, 5.74) is 2.67. The normalized spacial score (nSPS) is 10.5. The second kappa shape index (κ2) is 5.15. The molecule has 2 rings (SSSR count). The average Bonchev–Trinajstić information content (AvgIpc) is 2.69. The van der Waals surface area contributed by atoms with Gasteiger partial charge >= 0.3 is 0 Å². The van der Waals surface area contributed by atoms with Crippen LogP contribution in [0.1, 0.15) is 27.6 Å². The van der Waals surface area contributed by atoms with E-state index in [0.29, 0.717) is 22.8 Å². The van der Waals surface area contributed by atoms with Gasteiger partial charge in [0.15, 0.2) is 0 Å². The van der Waals surface area contributed by atoms with E-state index in [0.717, 1.165) is 0 Å². The first-order valence-corrected chi connectivity index (χ1v) is 5.68. The number of nitrogen functional groups attached to an aromatic ring is 1. The summed E-state index contributed by atoms with van der Waals surface area (Å²) in [7, 11) is 0. The molecule has 0 radical (unpaired) electrons. The average molecular weight is 263 g/mol. The fourth-order valence-electron chi connectivity index (χ4n) is 1.79. The van der Waals surface area contributed by atoms with Gasteiger partial charge in [-0.05, 0) is 32.0 Å². The number of aryl methyl sites for hydroxylation is 2. The number of carbonyl (C=O) groups is 1. The summed E-state index contributed by atoms with van der Waals surface area (Å²) < 4.78 is 15.3. The molecule has 1 amide bonds. The highest BCUT2D eigenvalue weighted by Gasteiger charge is 2.11. The first-order valence-electron chi connectivity index (χ1n) is 5.68. The van der Waals surface area contributed by atoms with Crippen molar-refractivity contribution < 1.29 is 9.18 Å². The monoisotopic (exact) mass is 263 g/mol. The number of carbonyl (C=O) groups excluding carboxylic acids is 1. The number of aromatic nitrogens is 3. The number of nitrogens with zero attached hydrogens (tertiary/aromatic N) is 3. The summed E-state index contributed by atoms with van der Waals surface area (Å²) >= 11 is 0. The van der Waals surface area contributed by atoms with E-state index >= 15 is 0 Å². The second-order valence-corrected chi connectivity index (χ2v) is 4.14. The Hall–Kier alpha value is -2.28. The van der Waals surface area contributed by atoms with Crippen LogP contribution in [-0.4, -0.2) is 20.7 Å². The first kappa shape index (κ1) is 13.2. The molecule has 0 bridgehead atoms. The third-order valence-electron chi connectivity index (χ3n) is 2.72. The molecule has 19 heavy (non-hydrogen) atoms. The molecule has 100 valence electrons. The minimum absolute atomic E-state index is 0.212. The summed E-state index contributed by atoms with van der Waals surface area (Å²) in [5, 5.41) is 4.15. The van der Waals surface area contributed by atoms with Crippen molar-refractivity contribution in [2.75, 3.05) is 0 Å². The summed E-state index contributed by atoms with van der Waals surface area (Å²) in [6.45, 7) is 3.76. The lowest BCUT2D eigenvalue weighted by molar-refractivity contribution is 0.0953. The molecule has 7 heteroatoms. The predicted molar refractivity (Wildman–Crippen MR) is 66.7 cm³/mol. The van der Waals surface area contributed by atoms with Gasteiger partial charge in [-0.2, -0.15) is 5.10 Å². The molecule has 2 aromatic rings. The van der Waals surface area contributed by atoms with Crippen molar-refractivity contribution in [3.63, 3.8) is 0 Å². The number of nitrogens with two attached hydrogens (primary N) is 1. The third-order valence-corrected chi connectivity index (χ3v) is 2.72. The highest BCUT2D eigenvalue weighted by molar-refractivity contribution is 5.93. The fourth-order valence-corrected chi connectivity index (χ4v) is 1.79. The Kier molecular flexibility index (Phi) is 3.57. The molecule has 0 saturated carbocycles. The molecule has 1 heterocycles. The van der Waals surface area contributed by atoms with Crippen molar-refractivity contribution in [1.29, 1.82) is 0 Å². The Balaban J connectivity index is 2.34. The predicted octanol–water partition coefficient (Wildman–Crippen LogP) is 0.686. The van der Waals surface area contributed by atoms with E-state index in [1.54, 1.807) is 18.5 Å². The van der Waals surface area contributed by atoms with E-state index in [4.69, 9.17) is 5.84 Å². The van der Waals surface area contributed by atoms with Crippen LogP contribution in [0.5, 0.6) is 0 Å². The molecule has 0 aliphatic carbocycles. The van der Waals surface area contributed by atoms with Gasteiger partial charge in [0.25, 0.3) is 5.91 Å². The quantitative estimate of drug-likeness (QED) is 0.484. The molecule has 0 saturated heterocycles. The van der Waals surface area contributed by atoms with Crippen LogP contribution in [0, 0.1) is 19.7 Å². The molecule has 0 aliphatic rings. The molecule has 1 aromatic carbocycles.